The van der Waals surface area contributed by atoms with Crippen LogP contribution in [0, 0.1) is 6.92 Å². The van der Waals surface area contributed by atoms with Gasteiger partial charge in [-0.2, -0.15) is 0 Å². The molecule has 3 aromatic rings. The summed E-state index contributed by atoms with van der Waals surface area (Å²) >= 11 is 0. The minimum Gasteiger partial charge on any atom is -0.318 e. The molecule has 0 saturated heterocycles. The Morgan fingerprint density at radius 1 is 1.04 bits per heavy atom. The molecule has 1 heterocycles. The molecule has 0 radical (unpaired) electrons. The van der Waals surface area contributed by atoms with Crippen molar-refractivity contribution in [2.45, 2.75) is 13.8 Å². The summed E-state index contributed by atoms with van der Waals surface area (Å²) in [4.78, 5) is 29.0. The lowest BCUT2D eigenvalue weighted by atomic mass is 10.0. The second-order valence-corrected chi connectivity index (χ2v) is 5.48. The van der Waals surface area contributed by atoms with Crippen molar-refractivity contribution in [2.24, 2.45) is 5.16 Å². The molecule has 0 saturated carbocycles. The quantitative estimate of drug-likeness (QED) is 0.452. The molecule has 0 aliphatic rings. The monoisotopic (exact) mass is 335 g/mol. The summed E-state index contributed by atoms with van der Waals surface area (Å²) in [7, 11) is 0. The Morgan fingerprint density at radius 3 is 2.24 bits per heavy atom. The fourth-order valence-corrected chi connectivity index (χ4v) is 2.53. The summed E-state index contributed by atoms with van der Waals surface area (Å²) < 4.78 is 1.44. The van der Waals surface area contributed by atoms with E-state index in [0.29, 0.717) is 28.2 Å². The number of rotatable bonds is 4. The van der Waals surface area contributed by atoms with E-state index in [1.54, 1.807) is 19.1 Å². The lowest BCUT2D eigenvalue weighted by molar-refractivity contribution is -0.140. The Kier molecular flexibility index (Phi) is 4.61. The van der Waals surface area contributed by atoms with Gasteiger partial charge in [0.15, 0.2) is 0 Å². The molecule has 0 unspecified atom stereocenters. The predicted molar refractivity (Wildman–Crippen MR) is 95.0 cm³/mol. The first kappa shape index (κ1) is 16.4. The van der Waals surface area contributed by atoms with Gasteiger partial charge in [-0.3, -0.25) is 9.89 Å². The summed E-state index contributed by atoms with van der Waals surface area (Å²) in [6, 6.07) is 18.4. The molecule has 0 atom stereocenters. The minimum atomic E-state index is -0.551. The van der Waals surface area contributed by atoms with E-state index in [0.717, 1.165) is 0 Å². The Morgan fingerprint density at radius 2 is 1.64 bits per heavy atom. The molecule has 6 heteroatoms. The van der Waals surface area contributed by atoms with Gasteiger partial charge < -0.3 is 4.84 Å². The third kappa shape index (κ3) is 3.42. The highest BCUT2D eigenvalue weighted by Crippen LogP contribution is 2.13. The zero-order valence-electron chi connectivity index (χ0n) is 13.9. The first-order valence-electron chi connectivity index (χ1n) is 7.76. The molecule has 25 heavy (non-hydrogen) atoms. The molecule has 1 N–H and O–H groups in total. The van der Waals surface area contributed by atoms with Crippen molar-refractivity contribution in [3.05, 3.63) is 87.8 Å². The molecule has 2 aromatic carbocycles. The highest BCUT2D eigenvalue weighted by Gasteiger charge is 2.20. The molecule has 0 aliphatic heterocycles. The van der Waals surface area contributed by atoms with Crippen molar-refractivity contribution in [1.29, 1.82) is 0 Å². The van der Waals surface area contributed by atoms with Gasteiger partial charge in [0.05, 0.1) is 11.3 Å². The van der Waals surface area contributed by atoms with Crippen LogP contribution in [0.15, 0.2) is 70.6 Å². The van der Waals surface area contributed by atoms with Crippen molar-refractivity contribution in [2.75, 3.05) is 0 Å². The lowest BCUT2D eigenvalue weighted by Gasteiger charge is -2.04. The molecule has 0 fully saturated rings. The third-order valence-electron chi connectivity index (χ3n) is 3.64. The highest BCUT2D eigenvalue weighted by molar-refractivity contribution is 6.13. The molecule has 1 aromatic heterocycles. The van der Waals surface area contributed by atoms with Gasteiger partial charge in [0, 0.05) is 18.2 Å². The maximum absolute atomic E-state index is 13.0. The van der Waals surface area contributed by atoms with Gasteiger partial charge in [-0.1, -0.05) is 53.7 Å². The highest BCUT2D eigenvalue weighted by atomic mass is 16.7. The standard InChI is InChI=1S/C19H17N3O3/c1-13-17(19(24)22(20-13)16-11-7-4-8-12-16)18(21-25-14(2)23)15-9-5-3-6-10-15/h3-12,20H,1-2H3. The Balaban J connectivity index is 2.18. The van der Waals surface area contributed by atoms with Gasteiger partial charge in [-0.05, 0) is 19.1 Å². The number of H-pyrrole nitrogens is 1. The number of aromatic nitrogens is 2. The Hall–Kier alpha value is -3.41. The third-order valence-corrected chi connectivity index (χ3v) is 3.64. The molecular formula is C19H17N3O3. The molecule has 0 spiro atoms. The van der Waals surface area contributed by atoms with Crippen LogP contribution in [0.3, 0.4) is 0 Å². The molecule has 0 amide bonds. The van der Waals surface area contributed by atoms with E-state index >= 15 is 0 Å². The smallest absolute Gasteiger partial charge is 0.318 e. The van der Waals surface area contributed by atoms with Gasteiger partial charge in [0.1, 0.15) is 5.71 Å². The Labute approximate surface area is 144 Å². The van der Waals surface area contributed by atoms with E-state index in [9.17, 15) is 9.59 Å². The van der Waals surface area contributed by atoms with Crippen LogP contribution < -0.4 is 5.56 Å². The topological polar surface area (TPSA) is 76.4 Å². The Bertz CT molecular complexity index is 970. The van der Waals surface area contributed by atoms with Crippen molar-refractivity contribution in [3.8, 4) is 5.69 Å². The van der Waals surface area contributed by atoms with Gasteiger partial charge in [0.25, 0.3) is 5.56 Å². The van der Waals surface area contributed by atoms with E-state index in [1.807, 2.05) is 48.5 Å². The van der Waals surface area contributed by atoms with Crippen LogP contribution in [0.2, 0.25) is 0 Å². The molecule has 0 aliphatic carbocycles. The molecule has 0 bridgehead atoms. The average molecular weight is 335 g/mol. The first-order chi connectivity index (χ1) is 12.1. The SMILES string of the molecule is CC(=O)ON=C(c1ccccc1)c1c(C)[nH]n(-c2ccccc2)c1=O. The van der Waals surface area contributed by atoms with Gasteiger partial charge in [-0.15, -0.1) is 0 Å². The van der Waals surface area contributed by atoms with Crippen LogP contribution in [-0.2, 0) is 9.63 Å². The fourth-order valence-electron chi connectivity index (χ4n) is 2.53. The van der Waals surface area contributed by atoms with Crippen LogP contribution in [-0.4, -0.2) is 21.5 Å². The van der Waals surface area contributed by atoms with Gasteiger partial charge in [0.2, 0.25) is 0 Å². The number of carbonyl (C=O) groups excluding carboxylic acids is 1. The van der Waals surface area contributed by atoms with Crippen molar-refractivity contribution in [1.82, 2.24) is 9.78 Å². The lowest BCUT2D eigenvalue weighted by Crippen LogP contribution is -2.21. The first-order valence-corrected chi connectivity index (χ1v) is 7.76. The minimum absolute atomic E-state index is 0.265. The van der Waals surface area contributed by atoms with Crippen LogP contribution >= 0.6 is 0 Å². The van der Waals surface area contributed by atoms with E-state index in [1.165, 1.54) is 11.6 Å². The second-order valence-electron chi connectivity index (χ2n) is 5.48. The number of carbonyl (C=O) groups is 1. The normalized spacial score (nSPS) is 11.4. The van der Waals surface area contributed by atoms with Gasteiger partial charge in [-0.25, -0.2) is 9.48 Å². The molecule has 126 valence electrons. The molecule has 6 nitrogen and oxygen atoms in total. The van der Waals surface area contributed by atoms with E-state index in [4.69, 9.17) is 4.84 Å². The number of hydrogen-bond acceptors (Lipinski definition) is 4. The molecule has 3 rings (SSSR count). The summed E-state index contributed by atoms with van der Waals surface area (Å²) in [5.74, 6) is -0.551. The summed E-state index contributed by atoms with van der Waals surface area (Å²) in [5, 5.41) is 6.98. The fraction of sp³-hybridized carbons (Fsp3) is 0.105. The van der Waals surface area contributed by atoms with E-state index in [2.05, 4.69) is 10.3 Å². The maximum Gasteiger partial charge on any atom is 0.332 e. The molecular weight excluding hydrogens is 318 g/mol. The number of aryl methyl sites for hydroxylation is 1. The summed E-state index contributed by atoms with van der Waals surface area (Å²) in [6.45, 7) is 3.04. The van der Waals surface area contributed by atoms with Gasteiger partial charge >= 0.3 is 5.97 Å². The number of hydrogen-bond donors (Lipinski definition) is 1. The number of nitrogens with zero attached hydrogens (tertiary/aromatic N) is 2. The van der Waals surface area contributed by atoms with E-state index in [-0.39, 0.29) is 5.56 Å². The van der Waals surface area contributed by atoms with Crippen molar-refractivity contribution < 1.29 is 9.63 Å². The number of oxime groups is 1. The van der Waals surface area contributed by atoms with E-state index < -0.39 is 5.97 Å². The second kappa shape index (κ2) is 7.00. The number of benzene rings is 2. The van der Waals surface area contributed by atoms with Crippen LogP contribution in [0.25, 0.3) is 5.69 Å². The van der Waals surface area contributed by atoms with Crippen molar-refractivity contribution >= 4 is 11.7 Å². The predicted octanol–water partition coefficient (Wildman–Crippen LogP) is 2.79. The number of nitrogens with one attached hydrogen (secondary N) is 1. The number of para-hydroxylation sites is 1. The van der Waals surface area contributed by atoms with Crippen LogP contribution in [0.1, 0.15) is 23.7 Å². The summed E-state index contributed by atoms with van der Waals surface area (Å²) in [5.41, 5.74) is 2.42. The zero-order valence-corrected chi connectivity index (χ0v) is 13.9. The maximum atomic E-state index is 13.0. The van der Waals surface area contributed by atoms with Crippen LogP contribution in [0.5, 0.6) is 0 Å². The van der Waals surface area contributed by atoms with Crippen molar-refractivity contribution in [3.63, 3.8) is 0 Å². The summed E-state index contributed by atoms with van der Waals surface area (Å²) in [6.07, 6.45) is 0. The number of aromatic amines is 1. The van der Waals surface area contributed by atoms with Crippen LogP contribution in [0.4, 0.5) is 0 Å². The largest absolute Gasteiger partial charge is 0.332 e. The zero-order chi connectivity index (χ0) is 17.8. The average Bonchev–Trinajstić information content (AvgIpc) is 2.92.